The molecular formula is C15H17BrF3N. The molecule has 1 aliphatic carbocycles. The Labute approximate surface area is 125 Å². The Balaban J connectivity index is 2.00. The topological polar surface area (TPSA) is 12.0 Å². The number of benzene rings is 1. The molecule has 0 atom stereocenters. The maximum atomic E-state index is 12.9. The molecule has 5 heteroatoms. The van der Waals surface area contributed by atoms with E-state index in [1.165, 1.54) is 24.5 Å². The van der Waals surface area contributed by atoms with Gasteiger partial charge in [-0.15, -0.1) is 0 Å². The lowest BCUT2D eigenvalue weighted by Gasteiger charge is -2.17. The van der Waals surface area contributed by atoms with Crippen LogP contribution >= 0.6 is 15.9 Å². The van der Waals surface area contributed by atoms with Gasteiger partial charge in [0.25, 0.3) is 0 Å². The first-order chi connectivity index (χ1) is 9.47. The summed E-state index contributed by atoms with van der Waals surface area (Å²) in [5.41, 5.74) is 0.885. The van der Waals surface area contributed by atoms with E-state index in [1.54, 1.807) is 6.07 Å². The lowest BCUT2D eigenvalue weighted by atomic mass is 9.97. The van der Waals surface area contributed by atoms with Gasteiger partial charge in [-0.3, -0.25) is 0 Å². The normalized spacial score (nSPS) is 15.9. The summed E-state index contributed by atoms with van der Waals surface area (Å²) in [6.45, 7) is 0.538. The standard InChI is InChI=1S/C15H17BrF3N/c16-12-6-7-14(13(10-12)15(17,18)19)20-9-8-11-4-2-1-3-5-11/h4,6-7,10,20H,1-3,5,8-9H2. The molecular weight excluding hydrogens is 331 g/mol. The molecule has 0 saturated carbocycles. The summed E-state index contributed by atoms with van der Waals surface area (Å²) in [7, 11) is 0. The van der Waals surface area contributed by atoms with Crippen LogP contribution in [-0.4, -0.2) is 6.54 Å². The molecule has 1 nitrogen and oxygen atoms in total. The Morgan fingerprint density at radius 2 is 2.00 bits per heavy atom. The van der Waals surface area contributed by atoms with Gasteiger partial charge in [0, 0.05) is 16.7 Å². The number of halogens is 4. The van der Waals surface area contributed by atoms with E-state index in [1.807, 2.05) is 0 Å². The number of hydrogen-bond donors (Lipinski definition) is 1. The first-order valence-corrected chi connectivity index (χ1v) is 7.54. The molecule has 0 amide bonds. The zero-order valence-electron chi connectivity index (χ0n) is 11.1. The summed E-state index contributed by atoms with van der Waals surface area (Å²) < 4.78 is 39.2. The molecule has 0 spiro atoms. The summed E-state index contributed by atoms with van der Waals surface area (Å²) in [5, 5.41) is 2.91. The van der Waals surface area contributed by atoms with E-state index >= 15 is 0 Å². The van der Waals surface area contributed by atoms with E-state index in [-0.39, 0.29) is 5.69 Å². The molecule has 0 aromatic heterocycles. The minimum absolute atomic E-state index is 0.150. The van der Waals surface area contributed by atoms with E-state index in [0.717, 1.165) is 25.3 Å². The van der Waals surface area contributed by atoms with Gasteiger partial charge in [0.1, 0.15) is 0 Å². The third-order valence-corrected chi connectivity index (χ3v) is 3.93. The Bertz CT molecular complexity index is 494. The van der Waals surface area contributed by atoms with Crippen LogP contribution in [0, 0.1) is 0 Å². The van der Waals surface area contributed by atoms with Gasteiger partial charge in [-0.05, 0) is 50.3 Å². The van der Waals surface area contributed by atoms with Crippen LogP contribution in [0.5, 0.6) is 0 Å². The molecule has 0 saturated heterocycles. The van der Waals surface area contributed by atoms with Crippen molar-refractivity contribution in [2.24, 2.45) is 0 Å². The summed E-state index contributed by atoms with van der Waals surface area (Å²) in [5.74, 6) is 0. The molecule has 1 aliphatic rings. The van der Waals surface area contributed by atoms with Crippen LogP contribution in [0.1, 0.15) is 37.7 Å². The highest BCUT2D eigenvalue weighted by Crippen LogP contribution is 2.36. The molecule has 0 bridgehead atoms. The van der Waals surface area contributed by atoms with Crippen molar-refractivity contribution in [1.82, 2.24) is 0 Å². The number of rotatable bonds is 4. The first kappa shape index (κ1) is 15.4. The van der Waals surface area contributed by atoms with Crippen molar-refractivity contribution in [3.05, 3.63) is 39.9 Å². The van der Waals surface area contributed by atoms with Crippen LogP contribution in [0.2, 0.25) is 0 Å². The van der Waals surface area contributed by atoms with Crippen LogP contribution in [0.4, 0.5) is 18.9 Å². The second-order valence-corrected chi connectivity index (χ2v) is 5.89. The predicted octanol–water partition coefficient (Wildman–Crippen LogP) is 5.77. The van der Waals surface area contributed by atoms with Crippen LogP contribution in [-0.2, 0) is 6.18 Å². The van der Waals surface area contributed by atoms with Crippen molar-refractivity contribution in [3.63, 3.8) is 0 Å². The van der Waals surface area contributed by atoms with Crippen molar-refractivity contribution < 1.29 is 13.2 Å². The zero-order chi connectivity index (χ0) is 14.6. The fraction of sp³-hybridized carbons (Fsp3) is 0.467. The SMILES string of the molecule is FC(F)(F)c1cc(Br)ccc1NCCC1=CCCCC1. The molecule has 1 aromatic rings. The van der Waals surface area contributed by atoms with Crippen molar-refractivity contribution in [2.45, 2.75) is 38.3 Å². The molecule has 0 aliphatic heterocycles. The summed E-state index contributed by atoms with van der Waals surface area (Å²) in [4.78, 5) is 0. The summed E-state index contributed by atoms with van der Waals surface area (Å²) in [6, 6.07) is 4.21. The van der Waals surface area contributed by atoms with E-state index in [2.05, 4.69) is 27.3 Å². The first-order valence-electron chi connectivity index (χ1n) is 6.75. The number of allylic oxidation sites excluding steroid dienone is 1. The van der Waals surface area contributed by atoms with Gasteiger partial charge in [-0.2, -0.15) is 13.2 Å². The number of alkyl halides is 3. The molecule has 1 N–H and O–H groups in total. The molecule has 0 fully saturated rings. The Hall–Kier alpha value is -0.970. The van der Waals surface area contributed by atoms with Gasteiger partial charge in [-0.1, -0.05) is 27.6 Å². The maximum Gasteiger partial charge on any atom is 0.418 e. The molecule has 0 heterocycles. The quantitative estimate of drug-likeness (QED) is 0.681. The molecule has 2 rings (SSSR count). The average molecular weight is 348 g/mol. The smallest absolute Gasteiger partial charge is 0.384 e. The fourth-order valence-corrected chi connectivity index (χ4v) is 2.76. The van der Waals surface area contributed by atoms with Gasteiger partial charge in [0.15, 0.2) is 0 Å². The van der Waals surface area contributed by atoms with Crippen LogP contribution in [0.15, 0.2) is 34.3 Å². The second-order valence-electron chi connectivity index (χ2n) is 4.97. The summed E-state index contributed by atoms with van der Waals surface area (Å²) >= 11 is 3.08. The van der Waals surface area contributed by atoms with Crippen molar-refractivity contribution in [1.29, 1.82) is 0 Å². The Morgan fingerprint density at radius 3 is 2.65 bits per heavy atom. The highest BCUT2D eigenvalue weighted by Gasteiger charge is 2.33. The van der Waals surface area contributed by atoms with E-state index < -0.39 is 11.7 Å². The molecule has 1 aromatic carbocycles. The average Bonchev–Trinajstić information content (AvgIpc) is 2.40. The van der Waals surface area contributed by atoms with Crippen molar-refractivity contribution >= 4 is 21.6 Å². The van der Waals surface area contributed by atoms with Crippen LogP contribution < -0.4 is 5.32 Å². The molecule has 20 heavy (non-hydrogen) atoms. The van der Waals surface area contributed by atoms with Gasteiger partial charge in [0.05, 0.1) is 5.56 Å². The number of hydrogen-bond acceptors (Lipinski definition) is 1. The Morgan fingerprint density at radius 1 is 1.20 bits per heavy atom. The van der Waals surface area contributed by atoms with Gasteiger partial charge in [0.2, 0.25) is 0 Å². The molecule has 0 radical (unpaired) electrons. The van der Waals surface area contributed by atoms with Crippen LogP contribution in [0.25, 0.3) is 0 Å². The zero-order valence-corrected chi connectivity index (χ0v) is 12.6. The van der Waals surface area contributed by atoms with Crippen molar-refractivity contribution in [2.75, 3.05) is 11.9 Å². The largest absolute Gasteiger partial charge is 0.418 e. The minimum Gasteiger partial charge on any atom is -0.384 e. The predicted molar refractivity (Wildman–Crippen MR) is 78.8 cm³/mol. The monoisotopic (exact) mass is 347 g/mol. The lowest BCUT2D eigenvalue weighted by Crippen LogP contribution is -2.12. The second kappa shape index (κ2) is 6.66. The van der Waals surface area contributed by atoms with E-state index in [4.69, 9.17) is 0 Å². The number of nitrogens with one attached hydrogen (secondary N) is 1. The fourth-order valence-electron chi connectivity index (χ4n) is 2.39. The molecule has 110 valence electrons. The lowest BCUT2D eigenvalue weighted by molar-refractivity contribution is -0.137. The van der Waals surface area contributed by atoms with Gasteiger partial charge >= 0.3 is 6.18 Å². The van der Waals surface area contributed by atoms with Gasteiger partial charge in [-0.25, -0.2) is 0 Å². The highest BCUT2D eigenvalue weighted by atomic mass is 79.9. The van der Waals surface area contributed by atoms with Crippen LogP contribution in [0.3, 0.4) is 0 Å². The van der Waals surface area contributed by atoms with Crippen molar-refractivity contribution in [3.8, 4) is 0 Å². The number of anilines is 1. The van der Waals surface area contributed by atoms with E-state index in [9.17, 15) is 13.2 Å². The maximum absolute atomic E-state index is 12.9. The van der Waals surface area contributed by atoms with E-state index in [0.29, 0.717) is 11.0 Å². The highest BCUT2D eigenvalue weighted by molar-refractivity contribution is 9.10. The Kier molecular flexibility index (Phi) is 5.13. The minimum atomic E-state index is -4.34. The molecule has 0 unspecified atom stereocenters. The van der Waals surface area contributed by atoms with Gasteiger partial charge < -0.3 is 5.32 Å². The summed E-state index contributed by atoms with van der Waals surface area (Å²) in [6.07, 6.45) is 3.29. The third-order valence-electron chi connectivity index (χ3n) is 3.43. The third kappa shape index (κ3) is 4.27.